The lowest BCUT2D eigenvalue weighted by Gasteiger charge is -2.35. The summed E-state index contributed by atoms with van der Waals surface area (Å²) in [5.41, 5.74) is 5.95. The van der Waals surface area contributed by atoms with Crippen LogP contribution in [0.5, 0.6) is 5.75 Å². The zero-order valence-corrected chi connectivity index (χ0v) is 15.8. The molecule has 0 radical (unpaired) electrons. The monoisotopic (exact) mass is 369 g/mol. The second kappa shape index (κ2) is 8.16. The van der Waals surface area contributed by atoms with Gasteiger partial charge in [0.2, 0.25) is 15.9 Å². The van der Waals surface area contributed by atoms with Gasteiger partial charge in [0.15, 0.2) is 0 Å². The second-order valence-corrected chi connectivity index (χ2v) is 8.58. The Bertz CT molecular complexity index is 680. The fourth-order valence-electron chi connectivity index (χ4n) is 2.89. The van der Waals surface area contributed by atoms with Gasteiger partial charge in [-0.05, 0) is 36.6 Å². The van der Waals surface area contributed by atoms with Crippen LogP contribution in [0.15, 0.2) is 29.2 Å². The number of nitrogens with zero attached hydrogens (tertiary/aromatic N) is 2. The molecule has 1 aliphatic rings. The van der Waals surface area contributed by atoms with Gasteiger partial charge in [-0.25, -0.2) is 8.42 Å². The SMILES string of the molecule is COc1ccc(S(=O)(=O)N2CCN(C(=O)[C@@H](N)CC(C)C)CC2)cc1. The molecule has 1 aromatic rings. The Hall–Kier alpha value is -1.64. The van der Waals surface area contributed by atoms with Gasteiger partial charge in [-0.15, -0.1) is 0 Å². The third-order valence-corrected chi connectivity index (χ3v) is 6.20. The highest BCUT2D eigenvalue weighted by molar-refractivity contribution is 7.89. The van der Waals surface area contributed by atoms with E-state index in [0.717, 1.165) is 0 Å². The summed E-state index contributed by atoms with van der Waals surface area (Å²) in [6, 6.07) is 5.79. The molecule has 140 valence electrons. The molecular formula is C17H27N3O4S. The minimum atomic E-state index is -3.57. The number of carbonyl (C=O) groups excluding carboxylic acids is 1. The van der Waals surface area contributed by atoms with Gasteiger partial charge in [0.05, 0.1) is 18.0 Å². The average molecular weight is 369 g/mol. The molecule has 2 N–H and O–H groups in total. The van der Waals surface area contributed by atoms with Gasteiger partial charge < -0.3 is 15.4 Å². The van der Waals surface area contributed by atoms with Crippen LogP contribution in [-0.2, 0) is 14.8 Å². The molecule has 8 heteroatoms. The molecule has 1 heterocycles. The van der Waals surface area contributed by atoms with Crippen LogP contribution >= 0.6 is 0 Å². The van der Waals surface area contributed by atoms with E-state index in [0.29, 0.717) is 31.2 Å². The predicted octanol–water partition coefficient (Wildman–Crippen LogP) is 0.902. The summed E-state index contributed by atoms with van der Waals surface area (Å²) in [5, 5.41) is 0. The van der Waals surface area contributed by atoms with E-state index >= 15 is 0 Å². The first-order valence-electron chi connectivity index (χ1n) is 8.44. The quantitative estimate of drug-likeness (QED) is 0.804. The summed E-state index contributed by atoms with van der Waals surface area (Å²) >= 11 is 0. The molecule has 25 heavy (non-hydrogen) atoms. The van der Waals surface area contributed by atoms with E-state index in [1.54, 1.807) is 17.0 Å². The van der Waals surface area contributed by atoms with Crippen molar-refractivity contribution in [3.05, 3.63) is 24.3 Å². The van der Waals surface area contributed by atoms with Crippen molar-refractivity contribution < 1.29 is 17.9 Å². The molecule has 0 unspecified atom stereocenters. The first-order valence-corrected chi connectivity index (χ1v) is 9.88. The number of benzene rings is 1. The van der Waals surface area contributed by atoms with Crippen molar-refractivity contribution in [2.24, 2.45) is 11.7 Å². The lowest BCUT2D eigenvalue weighted by Crippen LogP contribution is -2.54. The van der Waals surface area contributed by atoms with Crippen LogP contribution in [0.2, 0.25) is 0 Å². The molecule has 0 aromatic heterocycles. The molecule has 1 aromatic carbocycles. The van der Waals surface area contributed by atoms with E-state index in [4.69, 9.17) is 10.5 Å². The lowest BCUT2D eigenvalue weighted by molar-refractivity contribution is -0.134. The molecule has 1 aliphatic heterocycles. The average Bonchev–Trinajstić information content (AvgIpc) is 2.60. The van der Waals surface area contributed by atoms with E-state index in [-0.39, 0.29) is 23.9 Å². The molecule has 1 saturated heterocycles. The van der Waals surface area contributed by atoms with Gasteiger partial charge >= 0.3 is 0 Å². The number of amides is 1. The number of rotatable bonds is 6. The minimum Gasteiger partial charge on any atom is -0.497 e. The molecule has 2 rings (SSSR count). The summed E-state index contributed by atoms with van der Waals surface area (Å²) < 4.78 is 31.9. The number of hydrogen-bond donors (Lipinski definition) is 1. The Morgan fingerprint density at radius 2 is 1.72 bits per heavy atom. The fraction of sp³-hybridized carbons (Fsp3) is 0.588. The summed E-state index contributed by atoms with van der Waals surface area (Å²) in [6.45, 7) is 5.31. The standard InChI is InChI=1S/C17H27N3O4S/c1-13(2)12-16(18)17(21)19-8-10-20(11-9-19)25(22,23)15-6-4-14(24-3)5-7-15/h4-7,13,16H,8-12,18H2,1-3H3/t16-/m0/s1. The number of piperazine rings is 1. The van der Waals surface area contributed by atoms with Crippen molar-refractivity contribution in [2.75, 3.05) is 33.3 Å². The van der Waals surface area contributed by atoms with E-state index < -0.39 is 16.1 Å². The summed E-state index contributed by atoms with van der Waals surface area (Å²) in [4.78, 5) is 14.2. The Morgan fingerprint density at radius 1 is 1.16 bits per heavy atom. The van der Waals surface area contributed by atoms with Crippen LogP contribution in [0.1, 0.15) is 20.3 Å². The van der Waals surface area contributed by atoms with Gasteiger partial charge in [0, 0.05) is 26.2 Å². The second-order valence-electron chi connectivity index (χ2n) is 6.64. The molecule has 1 fully saturated rings. The maximum Gasteiger partial charge on any atom is 0.243 e. The van der Waals surface area contributed by atoms with Gasteiger partial charge in [0.25, 0.3) is 0 Å². The molecule has 0 bridgehead atoms. The third-order valence-electron chi connectivity index (χ3n) is 4.29. The minimum absolute atomic E-state index is 0.102. The summed E-state index contributed by atoms with van der Waals surface area (Å²) in [7, 11) is -2.04. The van der Waals surface area contributed by atoms with Crippen LogP contribution in [0.4, 0.5) is 0 Å². The van der Waals surface area contributed by atoms with Crippen molar-refractivity contribution in [3.63, 3.8) is 0 Å². The van der Waals surface area contributed by atoms with Crippen molar-refractivity contribution in [3.8, 4) is 5.75 Å². The Kier molecular flexibility index (Phi) is 6.42. The van der Waals surface area contributed by atoms with Crippen molar-refractivity contribution in [1.82, 2.24) is 9.21 Å². The van der Waals surface area contributed by atoms with E-state index in [2.05, 4.69) is 0 Å². The molecule has 7 nitrogen and oxygen atoms in total. The fourth-order valence-corrected chi connectivity index (χ4v) is 4.31. The number of hydrogen-bond acceptors (Lipinski definition) is 5. The highest BCUT2D eigenvalue weighted by Crippen LogP contribution is 2.21. The highest BCUT2D eigenvalue weighted by atomic mass is 32.2. The van der Waals surface area contributed by atoms with Gasteiger partial charge in [-0.3, -0.25) is 4.79 Å². The van der Waals surface area contributed by atoms with Gasteiger partial charge in [-0.2, -0.15) is 4.31 Å². The van der Waals surface area contributed by atoms with Gasteiger partial charge in [-0.1, -0.05) is 13.8 Å². The maximum absolute atomic E-state index is 12.7. The molecule has 0 aliphatic carbocycles. The largest absolute Gasteiger partial charge is 0.497 e. The topological polar surface area (TPSA) is 92.9 Å². The molecule has 1 amide bonds. The smallest absolute Gasteiger partial charge is 0.243 e. The van der Waals surface area contributed by atoms with E-state index in [9.17, 15) is 13.2 Å². The predicted molar refractivity (Wildman–Crippen MR) is 95.8 cm³/mol. The van der Waals surface area contributed by atoms with E-state index in [1.807, 2.05) is 13.8 Å². The highest BCUT2D eigenvalue weighted by Gasteiger charge is 2.31. The zero-order valence-electron chi connectivity index (χ0n) is 15.0. The third kappa shape index (κ3) is 4.71. The zero-order chi connectivity index (χ0) is 18.6. The van der Waals surface area contributed by atoms with E-state index in [1.165, 1.54) is 23.5 Å². The van der Waals surface area contributed by atoms with Gasteiger partial charge in [0.1, 0.15) is 5.75 Å². The van der Waals surface area contributed by atoms with Crippen LogP contribution in [-0.4, -0.2) is 62.9 Å². The molecule has 1 atom stereocenters. The van der Waals surface area contributed by atoms with Crippen LogP contribution in [0, 0.1) is 5.92 Å². The van der Waals surface area contributed by atoms with Crippen LogP contribution < -0.4 is 10.5 Å². The normalized spacial score (nSPS) is 17.6. The Labute approximate surface area is 149 Å². The van der Waals surface area contributed by atoms with Crippen molar-refractivity contribution in [1.29, 1.82) is 0 Å². The summed E-state index contributed by atoms with van der Waals surface area (Å²) in [6.07, 6.45) is 0.628. The molecular weight excluding hydrogens is 342 g/mol. The molecule has 0 saturated carbocycles. The van der Waals surface area contributed by atoms with Crippen LogP contribution in [0.3, 0.4) is 0 Å². The number of sulfonamides is 1. The Balaban J connectivity index is 1.99. The first-order chi connectivity index (χ1) is 11.8. The number of ether oxygens (including phenoxy) is 1. The van der Waals surface area contributed by atoms with Crippen molar-refractivity contribution in [2.45, 2.75) is 31.2 Å². The number of nitrogens with two attached hydrogens (primary N) is 1. The summed E-state index contributed by atoms with van der Waals surface area (Å²) in [5.74, 6) is 0.847. The maximum atomic E-state index is 12.7. The number of methoxy groups -OCH3 is 1. The lowest BCUT2D eigenvalue weighted by atomic mass is 10.0. The van der Waals surface area contributed by atoms with Crippen molar-refractivity contribution >= 4 is 15.9 Å². The first kappa shape index (κ1) is 19.7. The number of carbonyl (C=O) groups is 1. The Morgan fingerprint density at radius 3 is 2.20 bits per heavy atom. The molecule has 0 spiro atoms. The van der Waals surface area contributed by atoms with Crippen LogP contribution in [0.25, 0.3) is 0 Å².